The number of nitrogens with one attached hydrogen (secondary N) is 2. The molecule has 1 unspecified atom stereocenters. The van der Waals surface area contributed by atoms with E-state index in [2.05, 4.69) is 10.6 Å². The van der Waals surface area contributed by atoms with Crippen LogP contribution in [0.25, 0.3) is 0 Å². The summed E-state index contributed by atoms with van der Waals surface area (Å²) in [6, 6.07) is -0.538. The fourth-order valence-electron chi connectivity index (χ4n) is 1.18. The van der Waals surface area contributed by atoms with Crippen LogP contribution in [0.5, 0.6) is 0 Å². The summed E-state index contributed by atoms with van der Waals surface area (Å²) in [5, 5.41) is 4.67. The number of rotatable bonds is 4. The molecular formula is C9H15ClN2O4. The molecule has 1 aliphatic heterocycles. The van der Waals surface area contributed by atoms with E-state index in [-0.39, 0.29) is 18.4 Å². The minimum Gasteiger partial charge on any atom is -0.376 e. The van der Waals surface area contributed by atoms with E-state index < -0.39 is 11.9 Å². The van der Waals surface area contributed by atoms with Gasteiger partial charge in [-0.05, 0) is 0 Å². The van der Waals surface area contributed by atoms with Gasteiger partial charge in [0.25, 0.3) is 0 Å². The van der Waals surface area contributed by atoms with Crippen LogP contribution in [-0.4, -0.2) is 50.3 Å². The number of hydrogen-bond donors (Lipinski definition) is 2. The summed E-state index contributed by atoms with van der Waals surface area (Å²) in [5.74, 6) is -0.202. The molecular weight excluding hydrogens is 236 g/mol. The summed E-state index contributed by atoms with van der Waals surface area (Å²) in [5.41, 5.74) is 0. The number of carbonyl (C=O) groups is 2. The van der Waals surface area contributed by atoms with E-state index in [1.165, 1.54) is 0 Å². The second-order valence-electron chi connectivity index (χ2n) is 3.26. The lowest BCUT2D eigenvalue weighted by Gasteiger charge is -2.22. The Bertz CT molecular complexity index is 244. The first-order valence-corrected chi connectivity index (χ1v) is 5.59. The molecule has 16 heavy (non-hydrogen) atoms. The maximum absolute atomic E-state index is 11.2. The lowest BCUT2D eigenvalue weighted by molar-refractivity contribution is -0.119. The Morgan fingerprint density at radius 3 is 2.81 bits per heavy atom. The van der Waals surface area contributed by atoms with Crippen LogP contribution in [0.15, 0.2) is 0 Å². The molecule has 7 heteroatoms. The first kappa shape index (κ1) is 13.2. The van der Waals surface area contributed by atoms with E-state index >= 15 is 0 Å². The number of halogens is 1. The van der Waals surface area contributed by atoms with E-state index in [9.17, 15) is 9.59 Å². The Balaban J connectivity index is 2.11. The summed E-state index contributed by atoms with van der Waals surface area (Å²) < 4.78 is 10.5. The molecule has 1 saturated heterocycles. The number of urea groups is 1. The highest BCUT2D eigenvalue weighted by Crippen LogP contribution is 1.98. The van der Waals surface area contributed by atoms with E-state index in [0.29, 0.717) is 26.4 Å². The number of hydrogen-bond acceptors (Lipinski definition) is 4. The SMILES string of the molecule is O=C(CCCl)NC(=O)NCC1COCCO1. The fourth-order valence-corrected chi connectivity index (χ4v) is 1.35. The molecule has 0 aromatic heterocycles. The third kappa shape index (κ3) is 5.29. The molecule has 1 heterocycles. The standard InChI is InChI=1S/C9H15ClN2O4/c10-2-1-8(13)12-9(14)11-5-7-6-15-3-4-16-7/h7H,1-6H2,(H2,11,12,13,14). The molecule has 92 valence electrons. The summed E-state index contributed by atoms with van der Waals surface area (Å²) >= 11 is 5.35. The van der Waals surface area contributed by atoms with Gasteiger partial charge in [0.2, 0.25) is 5.91 Å². The number of carbonyl (C=O) groups excluding carboxylic acids is 2. The van der Waals surface area contributed by atoms with Gasteiger partial charge >= 0.3 is 6.03 Å². The van der Waals surface area contributed by atoms with Gasteiger partial charge in [0.1, 0.15) is 0 Å². The molecule has 0 aromatic carbocycles. The van der Waals surface area contributed by atoms with Gasteiger partial charge in [0.05, 0.1) is 25.9 Å². The van der Waals surface area contributed by atoms with Crippen molar-refractivity contribution in [3.63, 3.8) is 0 Å². The summed E-state index contributed by atoms with van der Waals surface area (Å²) in [4.78, 5) is 22.2. The summed E-state index contributed by atoms with van der Waals surface area (Å²) in [6.45, 7) is 1.88. The third-order valence-electron chi connectivity index (χ3n) is 1.95. The van der Waals surface area contributed by atoms with Crippen molar-refractivity contribution in [2.45, 2.75) is 12.5 Å². The average molecular weight is 251 g/mol. The smallest absolute Gasteiger partial charge is 0.321 e. The second-order valence-corrected chi connectivity index (χ2v) is 3.64. The quantitative estimate of drug-likeness (QED) is 0.681. The van der Waals surface area contributed by atoms with Crippen molar-refractivity contribution in [2.24, 2.45) is 0 Å². The Labute approximate surface area is 98.6 Å². The number of amides is 3. The minimum absolute atomic E-state index is 0.123. The number of alkyl halides is 1. The van der Waals surface area contributed by atoms with Gasteiger partial charge in [0.15, 0.2) is 0 Å². The second kappa shape index (κ2) is 7.43. The van der Waals surface area contributed by atoms with E-state index in [1.54, 1.807) is 0 Å². The molecule has 3 amide bonds. The summed E-state index contributed by atoms with van der Waals surface area (Å²) in [7, 11) is 0. The van der Waals surface area contributed by atoms with Crippen LogP contribution in [0.3, 0.4) is 0 Å². The van der Waals surface area contributed by atoms with Gasteiger partial charge in [0, 0.05) is 18.8 Å². The van der Waals surface area contributed by atoms with Gasteiger partial charge in [-0.15, -0.1) is 11.6 Å². The Morgan fingerprint density at radius 2 is 2.19 bits per heavy atom. The monoisotopic (exact) mass is 250 g/mol. The first-order chi connectivity index (χ1) is 7.72. The van der Waals surface area contributed by atoms with Crippen molar-refractivity contribution in [2.75, 3.05) is 32.2 Å². The Morgan fingerprint density at radius 1 is 1.38 bits per heavy atom. The molecule has 0 radical (unpaired) electrons. The van der Waals surface area contributed by atoms with Crippen molar-refractivity contribution in [1.29, 1.82) is 0 Å². The predicted molar refractivity (Wildman–Crippen MR) is 57.4 cm³/mol. The summed E-state index contributed by atoms with van der Waals surface area (Å²) in [6.07, 6.45) is -0.0273. The molecule has 6 nitrogen and oxygen atoms in total. The third-order valence-corrected chi connectivity index (χ3v) is 2.14. The van der Waals surface area contributed by atoms with Gasteiger partial charge in [-0.25, -0.2) is 4.79 Å². The molecule has 0 saturated carbocycles. The highest BCUT2D eigenvalue weighted by Gasteiger charge is 2.15. The lowest BCUT2D eigenvalue weighted by atomic mass is 10.3. The zero-order valence-corrected chi connectivity index (χ0v) is 9.59. The Hall–Kier alpha value is -0.850. The van der Waals surface area contributed by atoms with Crippen LogP contribution < -0.4 is 10.6 Å². The van der Waals surface area contributed by atoms with Crippen LogP contribution in [0.2, 0.25) is 0 Å². The molecule has 0 aromatic rings. The molecule has 1 aliphatic rings. The van der Waals surface area contributed by atoms with E-state index in [0.717, 1.165) is 0 Å². The maximum Gasteiger partial charge on any atom is 0.321 e. The predicted octanol–water partition coefficient (Wildman–Crippen LogP) is -0.144. The van der Waals surface area contributed by atoms with Crippen LogP contribution in [0.1, 0.15) is 6.42 Å². The van der Waals surface area contributed by atoms with Crippen molar-refractivity contribution >= 4 is 23.5 Å². The molecule has 2 N–H and O–H groups in total. The molecule has 0 bridgehead atoms. The van der Waals surface area contributed by atoms with Gasteiger partial charge < -0.3 is 14.8 Å². The molecule has 1 fully saturated rings. The largest absolute Gasteiger partial charge is 0.376 e. The van der Waals surface area contributed by atoms with E-state index in [4.69, 9.17) is 21.1 Å². The molecule has 0 aliphatic carbocycles. The highest BCUT2D eigenvalue weighted by atomic mass is 35.5. The number of ether oxygens (including phenoxy) is 2. The van der Waals surface area contributed by atoms with Crippen LogP contribution in [0.4, 0.5) is 4.79 Å². The Kier molecular flexibility index (Phi) is 6.14. The van der Waals surface area contributed by atoms with Crippen molar-refractivity contribution < 1.29 is 19.1 Å². The molecule has 1 rings (SSSR count). The number of imide groups is 1. The van der Waals surface area contributed by atoms with Crippen LogP contribution in [0, 0.1) is 0 Å². The topological polar surface area (TPSA) is 76.7 Å². The minimum atomic E-state index is -0.538. The van der Waals surface area contributed by atoms with Gasteiger partial charge in [-0.2, -0.15) is 0 Å². The van der Waals surface area contributed by atoms with Crippen molar-refractivity contribution in [3.8, 4) is 0 Å². The van der Waals surface area contributed by atoms with E-state index in [1.807, 2.05) is 0 Å². The van der Waals surface area contributed by atoms with Crippen molar-refractivity contribution in [1.82, 2.24) is 10.6 Å². The van der Waals surface area contributed by atoms with Crippen LogP contribution in [-0.2, 0) is 14.3 Å². The van der Waals surface area contributed by atoms with Gasteiger partial charge in [-0.1, -0.05) is 0 Å². The zero-order valence-electron chi connectivity index (χ0n) is 8.83. The van der Waals surface area contributed by atoms with Crippen LogP contribution >= 0.6 is 11.6 Å². The zero-order chi connectivity index (χ0) is 11.8. The maximum atomic E-state index is 11.2. The average Bonchev–Trinajstić information content (AvgIpc) is 2.28. The fraction of sp³-hybridized carbons (Fsp3) is 0.778. The molecule has 0 spiro atoms. The normalized spacial score (nSPS) is 20.2. The highest BCUT2D eigenvalue weighted by molar-refractivity contribution is 6.19. The van der Waals surface area contributed by atoms with Crippen molar-refractivity contribution in [3.05, 3.63) is 0 Å². The molecule has 1 atom stereocenters. The lowest BCUT2D eigenvalue weighted by Crippen LogP contribution is -2.45. The first-order valence-electron chi connectivity index (χ1n) is 5.05. The van der Waals surface area contributed by atoms with Gasteiger partial charge in [-0.3, -0.25) is 10.1 Å².